The molecular formula is C12H10ClNO2. The first kappa shape index (κ1) is 11.0. The maximum atomic E-state index is 11.8. The first-order chi connectivity index (χ1) is 7.50. The molecule has 1 heterocycles. The van der Waals surface area contributed by atoms with Crippen molar-refractivity contribution in [2.75, 3.05) is 5.32 Å². The standard InChI is InChI=1S/C12H10ClNO2/c1-3-7(2)12(16)9-6-8(13)4-5-10(9)14-11(12)15/h4-6,16H,1H2,2H3,(H,14,15). The van der Waals surface area contributed by atoms with Crippen LogP contribution < -0.4 is 5.32 Å². The van der Waals surface area contributed by atoms with Crippen LogP contribution in [0.3, 0.4) is 0 Å². The number of hydrogen-bond donors (Lipinski definition) is 2. The van der Waals surface area contributed by atoms with Gasteiger partial charge in [0.15, 0.2) is 5.60 Å². The van der Waals surface area contributed by atoms with Crippen LogP contribution in [0.1, 0.15) is 12.5 Å². The molecule has 4 heteroatoms. The third kappa shape index (κ3) is 1.30. The summed E-state index contributed by atoms with van der Waals surface area (Å²) in [5.41, 5.74) is 2.20. The van der Waals surface area contributed by atoms with Gasteiger partial charge in [0.05, 0.1) is 0 Å². The smallest absolute Gasteiger partial charge is 0.266 e. The molecular weight excluding hydrogens is 226 g/mol. The highest BCUT2D eigenvalue weighted by molar-refractivity contribution is 6.31. The summed E-state index contributed by atoms with van der Waals surface area (Å²) in [6.07, 6.45) is 0. The van der Waals surface area contributed by atoms with Crippen molar-refractivity contribution in [3.05, 3.63) is 46.7 Å². The molecule has 0 bridgehead atoms. The summed E-state index contributed by atoms with van der Waals surface area (Å²) in [7, 11) is 0. The van der Waals surface area contributed by atoms with Crippen molar-refractivity contribution < 1.29 is 9.90 Å². The SMILES string of the molecule is C=C=C(C)C1(O)C(=O)Nc2ccc(Cl)cc21. The number of anilines is 1. The number of benzene rings is 1. The number of hydrogen-bond acceptors (Lipinski definition) is 2. The number of aliphatic hydroxyl groups is 1. The Kier molecular flexibility index (Phi) is 2.39. The highest BCUT2D eigenvalue weighted by Gasteiger charge is 2.46. The molecule has 2 N–H and O–H groups in total. The minimum absolute atomic E-state index is 0.353. The average Bonchev–Trinajstić information content (AvgIpc) is 2.52. The van der Waals surface area contributed by atoms with E-state index in [-0.39, 0.29) is 0 Å². The minimum atomic E-state index is -1.71. The van der Waals surface area contributed by atoms with Gasteiger partial charge in [0, 0.05) is 21.8 Å². The van der Waals surface area contributed by atoms with Crippen molar-refractivity contribution in [2.24, 2.45) is 0 Å². The van der Waals surface area contributed by atoms with Gasteiger partial charge in [-0.25, -0.2) is 0 Å². The van der Waals surface area contributed by atoms with Crippen LogP contribution in [0.15, 0.2) is 36.1 Å². The van der Waals surface area contributed by atoms with Crippen molar-refractivity contribution in [3.8, 4) is 0 Å². The Morgan fingerprint density at radius 1 is 1.62 bits per heavy atom. The third-order valence-electron chi connectivity index (χ3n) is 2.76. The predicted molar refractivity (Wildman–Crippen MR) is 62.3 cm³/mol. The van der Waals surface area contributed by atoms with E-state index in [4.69, 9.17) is 11.6 Å². The third-order valence-corrected chi connectivity index (χ3v) is 2.99. The molecule has 1 aliphatic heterocycles. The summed E-state index contributed by atoms with van der Waals surface area (Å²) >= 11 is 5.85. The van der Waals surface area contributed by atoms with Gasteiger partial charge in [-0.05, 0) is 25.1 Å². The minimum Gasteiger partial charge on any atom is -0.371 e. The Balaban J connectivity index is 2.72. The van der Waals surface area contributed by atoms with Gasteiger partial charge in [-0.2, -0.15) is 0 Å². The average molecular weight is 236 g/mol. The first-order valence-electron chi connectivity index (χ1n) is 4.71. The van der Waals surface area contributed by atoms with Gasteiger partial charge in [0.2, 0.25) is 0 Å². The highest BCUT2D eigenvalue weighted by atomic mass is 35.5. The zero-order chi connectivity index (χ0) is 11.9. The fraction of sp³-hybridized carbons (Fsp3) is 0.167. The molecule has 1 atom stereocenters. The van der Waals surface area contributed by atoms with E-state index in [9.17, 15) is 9.90 Å². The monoisotopic (exact) mass is 235 g/mol. The maximum Gasteiger partial charge on any atom is 0.266 e. The fourth-order valence-corrected chi connectivity index (χ4v) is 1.93. The summed E-state index contributed by atoms with van der Waals surface area (Å²) in [5, 5.41) is 13.5. The lowest BCUT2D eigenvalue weighted by molar-refractivity contribution is -0.130. The summed E-state index contributed by atoms with van der Waals surface area (Å²) in [5.74, 6) is -0.501. The summed E-state index contributed by atoms with van der Waals surface area (Å²) in [4.78, 5) is 11.8. The lowest BCUT2D eigenvalue weighted by Gasteiger charge is -2.20. The van der Waals surface area contributed by atoms with E-state index >= 15 is 0 Å². The fourth-order valence-electron chi connectivity index (χ4n) is 1.76. The van der Waals surface area contributed by atoms with Crippen molar-refractivity contribution in [3.63, 3.8) is 0 Å². The molecule has 0 radical (unpaired) electrons. The van der Waals surface area contributed by atoms with E-state index in [0.29, 0.717) is 21.8 Å². The van der Waals surface area contributed by atoms with E-state index in [1.54, 1.807) is 25.1 Å². The number of rotatable bonds is 1. The van der Waals surface area contributed by atoms with Gasteiger partial charge in [-0.15, -0.1) is 5.73 Å². The zero-order valence-corrected chi connectivity index (χ0v) is 9.43. The molecule has 0 aromatic heterocycles. The molecule has 0 spiro atoms. The van der Waals surface area contributed by atoms with Gasteiger partial charge in [0.25, 0.3) is 5.91 Å². The molecule has 82 valence electrons. The van der Waals surface area contributed by atoms with E-state index in [1.807, 2.05) is 0 Å². The number of nitrogens with one attached hydrogen (secondary N) is 1. The Morgan fingerprint density at radius 3 is 2.94 bits per heavy atom. The van der Waals surface area contributed by atoms with Crippen molar-refractivity contribution in [2.45, 2.75) is 12.5 Å². The lowest BCUT2D eigenvalue weighted by Crippen LogP contribution is -2.35. The molecule has 2 rings (SSSR count). The van der Waals surface area contributed by atoms with Crippen molar-refractivity contribution in [1.29, 1.82) is 0 Å². The van der Waals surface area contributed by atoms with Gasteiger partial charge >= 0.3 is 0 Å². The van der Waals surface area contributed by atoms with Crippen LogP contribution >= 0.6 is 11.6 Å². The second kappa shape index (κ2) is 3.49. The van der Waals surface area contributed by atoms with E-state index < -0.39 is 11.5 Å². The second-order valence-electron chi connectivity index (χ2n) is 3.66. The van der Waals surface area contributed by atoms with Crippen LogP contribution in [0.25, 0.3) is 0 Å². The predicted octanol–water partition coefficient (Wildman–Crippen LogP) is 2.21. The number of amides is 1. The molecule has 1 unspecified atom stereocenters. The molecule has 3 nitrogen and oxygen atoms in total. The highest BCUT2D eigenvalue weighted by Crippen LogP contribution is 2.41. The molecule has 0 saturated carbocycles. The topological polar surface area (TPSA) is 49.3 Å². The Bertz CT molecular complexity index is 532. The van der Waals surface area contributed by atoms with Crippen LogP contribution in [0.5, 0.6) is 0 Å². The van der Waals surface area contributed by atoms with Crippen LogP contribution in [0.2, 0.25) is 5.02 Å². The van der Waals surface area contributed by atoms with Gasteiger partial charge in [-0.1, -0.05) is 18.2 Å². The molecule has 0 fully saturated rings. The van der Waals surface area contributed by atoms with Crippen LogP contribution in [0.4, 0.5) is 5.69 Å². The molecule has 1 aromatic rings. The zero-order valence-electron chi connectivity index (χ0n) is 8.67. The quantitative estimate of drug-likeness (QED) is 0.734. The Hall–Kier alpha value is -1.54. The van der Waals surface area contributed by atoms with Crippen LogP contribution in [-0.4, -0.2) is 11.0 Å². The number of carbonyl (C=O) groups is 1. The maximum absolute atomic E-state index is 11.8. The van der Waals surface area contributed by atoms with Gasteiger partial charge in [-0.3, -0.25) is 4.79 Å². The number of halogens is 1. The summed E-state index contributed by atoms with van der Waals surface area (Å²) in [6.45, 7) is 5.04. The van der Waals surface area contributed by atoms with Gasteiger partial charge < -0.3 is 10.4 Å². The largest absolute Gasteiger partial charge is 0.371 e. The van der Waals surface area contributed by atoms with Crippen molar-refractivity contribution in [1.82, 2.24) is 0 Å². The molecule has 0 saturated heterocycles. The van der Waals surface area contributed by atoms with Crippen LogP contribution in [-0.2, 0) is 10.4 Å². The normalized spacial score (nSPS) is 22.3. The van der Waals surface area contributed by atoms with Gasteiger partial charge in [0.1, 0.15) is 0 Å². The Morgan fingerprint density at radius 2 is 2.31 bits per heavy atom. The summed E-state index contributed by atoms with van der Waals surface area (Å²) < 4.78 is 0. The molecule has 1 aromatic carbocycles. The molecule has 0 aliphatic carbocycles. The van der Waals surface area contributed by atoms with Crippen molar-refractivity contribution >= 4 is 23.2 Å². The van der Waals surface area contributed by atoms with E-state index in [1.165, 1.54) is 0 Å². The first-order valence-corrected chi connectivity index (χ1v) is 5.09. The number of fused-ring (bicyclic) bond motifs is 1. The summed E-state index contributed by atoms with van der Waals surface area (Å²) in [6, 6.07) is 4.87. The molecule has 16 heavy (non-hydrogen) atoms. The van der Waals surface area contributed by atoms with Crippen LogP contribution in [0, 0.1) is 0 Å². The Labute approximate surface area is 98.0 Å². The molecule has 1 aliphatic rings. The molecule has 1 amide bonds. The number of carbonyl (C=O) groups excluding carboxylic acids is 1. The second-order valence-corrected chi connectivity index (χ2v) is 4.09. The van der Waals surface area contributed by atoms with E-state index in [0.717, 1.165) is 0 Å². The lowest BCUT2D eigenvalue weighted by atomic mass is 9.89. The van der Waals surface area contributed by atoms with E-state index in [2.05, 4.69) is 17.6 Å².